The fourth-order valence-corrected chi connectivity index (χ4v) is 2.24. The van der Waals surface area contributed by atoms with E-state index in [1.807, 2.05) is 38.2 Å². The molecule has 6 nitrogen and oxygen atoms in total. The Balaban J connectivity index is 2.06. The molecule has 0 spiro atoms. The minimum Gasteiger partial charge on any atom is -0.497 e. The number of rotatable bonds is 6. The first-order valence-corrected chi connectivity index (χ1v) is 7.67. The number of aromatic nitrogens is 1. The van der Waals surface area contributed by atoms with Crippen molar-refractivity contribution in [3.8, 4) is 5.75 Å². The van der Waals surface area contributed by atoms with Crippen LogP contribution in [0.15, 0.2) is 39.8 Å². The molecule has 2 aromatic rings. The van der Waals surface area contributed by atoms with E-state index in [0.717, 1.165) is 41.8 Å². The Morgan fingerprint density at radius 3 is 2.87 bits per heavy atom. The van der Waals surface area contributed by atoms with Crippen molar-refractivity contribution >= 4 is 5.96 Å². The zero-order chi connectivity index (χ0) is 16.7. The van der Waals surface area contributed by atoms with Crippen LogP contribution in [-0.2, 0) is 13.1 Å². The molecule has 0 atom stereocenters. The van der Waals surface area contributed by atoms with Crippen LogP contribution in [-0.4, -0.2) is 36.7 Å². The average molecular weight is 316 g/mol. The number of aliphatic imine (C=N–C) groups is 1. The normalized spacial score (nSPS) is 11.4. The first-order chi connectivity index (χ1) is 11.1. The average Bonchev–Trinajstić information content (AvgIpc) is 2.97. The summed E-state index contributed by atoms with van der Waals surface area (Å²) in [6.07, 6.45) is 0. The van der Waals surface area contributed by atoms with Crippen molar-refractivity contribution in [1.82, 2.24) is 15.4 Å². The van der Waals surface area contributed by atoms with Crippen molar-refractivity contribution in [2.45, 2.75) is 26.9 Å². The molecule has 0 saturated carbocycles. The van der Waals surface area contributed by atoms with E-state index in [1.54, 1.807) is 7.11 Å². The van der Waals surface area contributed by atoms with Gasteiger partial charge in [-0.15, -0.1) is 0 Å². The molecular formula is C17H24N4O2. The lowest BCUT2D eigenvalue weighted by molar-refractivity contribution is 0.390. The van der Waals surface area contributed by atoms with Crippen molar-refractivity contribution in [3.05, 3.63) is 47.3 Å². The summed E-state index contributed by atoms with van der Waals surface area (Å²) in [4.78, 5) is 6.69. The van der Waals surface area contributed by atoms with Gasteiger partial charge < -0.3 is 19.5 Å². The molecule has 0 aliphatic heterocycles. The van der Waals surface area contributed by atoms with Gasteiger partial charge in [0.25, 0.3) is 0 Å². The molecule has 0 bridgehead atoms. The number of aryl methyl sites for hydroxylation is 1. The Bertz CT molecular complexity index is 652. The topological polar surface area (TPSA) is 62.9 Å². The van der Waals surface area contributed by atoms with E-state index in [2.05, 4.69) is 33.4 Å². The molecular weight excluding hydrogens is 292 g/mol. The van der Waals surface area contributed by atoms with Crippen molar-refractivity contribution in [1.29, 1.82) is 0 Å². The highest BCUT2D eigenvalue weighted by Crippen LogP contribution is 2.14. The van der Waals surface area contributed by atoms with Crippen LogP contribution in [0.5, 0.6) is 5.75 Å². The number of hydrogen-bond acceptors (Lipinski definition) is 4. The van der Waals surface area contributed by atoms with E-state index in [4.69, 9.17) is 9.26 Å². The smallest absolute Gasteiger partial charge is 0.194 e. The summed E-state index contributed by atoms with van der Waals surface area (Å²) in [5.74, 6) is 2.48. The summed E-state index contributed by atoms with van der Waals surface area (Å²) >= 11 is 0. The van der Waals surface area contributed by atoms with Gasteiger partial charge in [-0.25, -0.2) is 4.99 Å². The van der Waals surface area contributed by atoms with Crippen molar-refractivity contribution in [2.24, 2.45) is 4.99 Å². The number of nitrogens with zero attached hydrogens (tertiary/aromatic N) is 3. The second-order valence-electron chi connectivity index (χ2n) is 5.31. The molecule has 2 rings (SSSR count). The molecule has 6 heteroatoms. The molecule has 0 fully saturated rings. The summed E-state index contributed by atoms with van der Waals surface area (Å²) < 4.78 is 10.3. The van der Waals surface area contributed by atoms with Crippen LogP contribution in [0.4, 0.5) is 0 Å². The number of benzene rings is 1. The van der Waals surface area contributed by atoms with Crippen molar-refractivity contribution in [2.75, 3.05) is 20.7 Å². The van der Waals surface area contributed by atoms with Gasteiger partial charge in [0.1, 0.15) is 17.2 Å². The second-order valence-corrected chi connectivity index (χ2v) is 5.31. The van der Waals surface area contributed by atoms with E-state index >= 15 is 0 Å². The molecule has 0 saturated heterocycles. The zero-order valence-electron chi connectivity index (χ0n) is 14.2. The Labute approximate surface area is 137 Å². The molecule has 0 unspecified atom stereocenters. The molecule has 0 aliphatic rings. The molecule has 0 aliphatic carbocycles. The minimum atomic E-state index is 0.488. The zero-order valence-corrected chi connectivity index (χ0v) is 14.2. The monoisotopic (exact) mass is 316 g/mol. The SMILES string of the molecule is CCNC(=NCc1cc(C)on1)N(C)Cc1cccc(OC)c1. The number of ether oxygens (including phenoxy) is 1. The predicted molar refractivity (Wildman–Crippen MR) is 90.5 cm³/mol. The summed E-state index contributed by atoms with van der Waals surface area (Å²) in [6, 6.07) is 9.93. The van der Waals surface area contributed by atoms with Crippen LogP contribution in [0, 0.1) is 6.92 Å². The van der Waals surface area contributed by atoms with Crippen LogP contribution < -0.4 is 10.1 Å². The largest absolute Gasteiger partial charge is 0.497 e. The summed E-state index contributed by atoms with van der Waals surface area (Å²) in [6.45, 7) is 5.96. The van der Waals surface area contributed by atoms with E-state index in [-0.39, 0.29) is 0 Å². The molecule has 1 aromatic carbocycles. The molecule has 1 heterocycles. The maximum absolute atomic E-state index is 5.27. The van der Waals surface area contributed by atoms with Gasteiger partial charge >= 0.3 is 0 Å². The first kappa shape index (κ1) is 16.9. The highest BCUT2D eigenvalue weighted by Gasteiger charge is 2.08. The third-order valence-corrected chi connectivity index (χ3v) is 3.32. The fourth-order valence-electron chi connectivity index (χ4n) is 2.24. The second kappa shape index (κ2) is 8.22. The number of methoxy groups -OCH3 is 1. The van der Waals surface area contributed by atoms with Crippen LogP contribution >= 0.6 is 0 Å². The minimum absolute atomic E-state index is 0.488. The third-order valence-electron chi connectivity index (χ3n) is 3.32. The van der Waals surface area contributed by atoms with Gasteiger partial charge in [0, 0.05) is 26.2 Å². The quantitative estimate of drug-likeness (QED) is 0.655. The standard InChI is InChI=1S/C17H24N4O2/c1-5-18-17(19-11-15-9-13(2)23-20-15)21(3)12-14-7-6-8-16(10-14)22-4/h6-10H,5,11-12H2,1-4H3,(H,18,19). The van der Waals surface area contributed by atoms with Gasteiger partial charge in [0.15, 0.2) is 5.96 Å². The number of nitrogens with one attached hydrogen (secondary N) is 1. The Kier molecular flexibility index (Phi) is 6.02. The van der Waals surface area contributed by atoms with Gasteiger partial charge in [0.2, 0.25) is 0 Å². The maximum Gasteiger partial charge on any atom is 0.194 e. The first-order valence-electron chi connectivity index (χ1n) is 7.67. The molecule has 1 N–H and O–H groups in total. The third kappa shape index (κ3) is 5.02. The molecule has 0 amide bonds. The van der Waals surface area contributed by atoms with Crippen molar-refractivity contribution < 1.29 is 9.26 Å². The molecule has 124 valence electrons. The van der Waals surface area contributed by atoms with Gasteiger partial charge in [0.05, 0.1) is 13.7 Å². The lowest BCUT2D eigenvalue weighted by Gasteiger charge is -2.22. The highest BCUT2D eigenvalue weighted by molar-refractivity contribution is 5.79. The lowest BCUT2D eigenvalue weighted by Crippen LogP contribution is -2.38. The summed E-state index contributed by atoms with van der Waals surface area (Å²) in [5.41, 5.74) is 1.99. The van der Waals surface area contributed by atoms with Gasteiger partial charge in [-0.05, 0) is 31.5 Å². The Hall–Kier alpha value is -2.50. The lowest BCUT2D eigenvalue weighted by atomic mass is 10.2. The van der Waals surface area contributed by atoms with E-state index in [9.17, 15) is 0 Å². The number of guanidine groups is 1. The molecule has 0 radical (unpaired) electrons. The molecule has 1 aromatic heterocycles. The van der Waals surface area contributed by atoms with Crippen LogP contribution in [0.25, 0.3) is 0 Å². The maximum atomic E-state index is 5.27. The van der Waals surface area contributed by atoms with Crippen molar-refractivity contribution in [3.63, 3.8) is 0 Å². The fraction of sp³-hybridized carbons (Fsp3) is 0.412. The van der Waals surface area contributed by atoms with Gasteiger partial charge in [-0.1, -0.05) is 17.3 Å². The van der Waals surface area contributed by atoms with Gasteiger partial charge in [-0.3, -0.25) is 0 Å². The van der Waals surface area contributed by atoms with E-state index in [1.165, 1.54) is 0 Å². The van der Waals surface area contributed by atoms with E-state index in [0.29, 0.717) is 6.54 Å². The summed E-state index contributed by atoms with van der Waals surface area (Å²) in [5, 5.41) is 7.26. The number of hydrogen-bond donors (Lipinski definition) is 1. The van der Waals surface area contributed by atoms with Crippen LogP contribution in [0.1, 0.15) is 23.9 Å². The predicted octanol–water partition coefficient (Wildman–Crippen LogP) is 2.59. The Morgan fingerprint density at radius 2 is 2.22 bits per heavy atom. The molecule has 23 heavy (non-hydrogen) atoms. The highest BCUT2D eigenvalue weighted by atomic mass is 16.5. The van der Waals surface area contributed by atoms with Crippen LogP contribution in [0.2, 0.25) is 0 Å². The van der Waals surface area contributed by atoms with Crippen LogP contribution in [0.3, 0.4) is 0 Å². The van der Waals surface area contributed by atoms with Gasteiger partial charge in [-0.2, -0.15) is 0 Å². The summed E-state index contributed by atoms with van der Waals surface area (Å²) in [7, 11) is 3.68. The Morgan fingerprint density at radius 1 is 1.39 bits per heavy atom. The van der Waals surface area contributed by atoms with E-state index < -0.39 is 0 Å².